The van der Waals surface area contributed by atoms with Gasteiger partial charge in [-0.2, -0.15) is 0 Å². The Morgan fingerprint density at radius 3 is 2.83 bits per heavy atom. The number of thiophene rings is 1. The lowest BCUT2D eigenvalue weighted by Gasteiger charge is -2.16. The fourth-order valence-corrected chi connectivity index (χ4v) is 4.16. The molecule has 3 nitrogen and oxygen atoms in total. The predicted octanol–water partition coefficient (Wildman–Crippen LogP) is 4.64. The van der Waals surface area contributed by atoms with E-state index in [0.29, 0.717) is 6.54 Å². The summed E-state index contributed by atoms with van der Waals surface area (Å²) in [6, 6.07) is 8.59. The SMILES string of the molecule is Cc1[nH]c2ccc(F)cc2c1CC(=O)N(C)Cc1ccc(Br)s1. The Bertz CT molecular complexity index is 871. The summed E-state index contributed by atoms with van der Waals surface area (Å²) in [6.45, 7) is 2.49. The minimum atomic E-state index is -0.290. The lowest BCUT2D eigenvalue weighted by atomic mass is 10.1. The molecule has 0 saturated carbocycles. The normalized spacial score (nSPS) is 11.1. The number of likely N-dealkylation sites (N-methyl/N-ethyl adjacent to an activating group) is 1. The zero-order chi connectivity index (χ0) is 16.6. The molecule has 0 fully saturated rings. The van der Waals surface area contributed by atoms with Gasteiger partial charge < -0.3 is 9.88 Å². The van der Waals surface area contributed by atoms with Crippen LogP contribution in [0.25, 0.3) is 10.9 Å². The van der Waals surface area contributed by atoms with Crippen molar-refractivity contribution in [2.45, 2.75) is 19.9 Å². The van der Waals surface area contributed by atoms with E-state index in [1.807, 2.05) is 19.1 Å². The Hall–Kier alpha value is -1.66. The second kappa shape index (κ2) is 6.45. The van der Waals surface area contributed by atoms with E-state index in [0.717, 1.165) is 30.8 Å². The van der Waals surface area contributed by atoms with Crippen LogP contribution in [-0.4, -0.2) is 22.8 Å². The van der Waals surface area contributed by atoms with E-state index in [4.69, 9.17) is 0 Å². The van der Waals surface area contributed by atoms with Crippen molar-refractivity contribution in [2.24, 2.45) is 0 Å². The number of benzene rings is 1. The largest absolute Gasteiger partial charge is 0.358 e. The van der Waals surface area contributed by atoms with E-state index in [2.05, 4.69) is 20.9 Å². The number of nitrogens with one attached hydrogen (secondary N) is 1. The second-order valence-corrected chi connectivity index (χ2v) is 8.10. The number of fused-ring (bicyclic) bond motifs is 1. The van der Waals surface area contributed by atoms with Crippen molar-refractivity contribution in [3.8, 4) is 0 Å². The lowest BCUT2D eigenvalue weighted by Crippen LogP contribution is -2.27. The Morgan fingerprint density at radius 1 is 1.35 bits per heavy atom. The molecule has 0 radical (unpaired) electrons. The third-order valence-electron chi connectivity index (χ3n) is 3.86. The number of aryl methyl sites for hydroxylation is 1. The van der Waals surface area contributed by atoms with Crippen molar-refractivity contribution in [2.75, 3.05) is 7.05 Å². The average molecular weight is 395 g/mol. The summed E-state index contributed by atoms with van der Waals surface area (Å²) >= 11 is 5.04. The Morgan fingerprint density at radius 2 is 2.13 bits per heavy atom. The number of amides is 1. The van der Waals surface area contributed by atoms with Crippen molar-refractivity contribution in [1.29, 1.82) is 0 Å². The first-order valence-corrected chi connectivity index (χ1v) is 8.80. The van der Waals surface area contributed by atoms with Crippen molar-refractivity contribution in [3.63, 3.8) is 0 Å². The average Bonchev–Trinajstić information content (AvgIpc) is 3.03. The van der Waals surface area contributed by atoms with Gasteiger partial charge in [0.15, 0.2) is 0 Å². The van der Waals surface area contributed by atoms with Crippen LogP contribution in [-0.2, 0) is 17.8 Å². The summed E-state index contributed by atoms with van der Waals surface area (Å²) < 4.78 is 14.6. The number of H-pyrrole nitrogens is 1. The van der Waals surface area contributed by atoms with Gasteiger partial charge in [0.05, 0.1) is 16.8 Å². The molecule has 0 spiro atoms. The molecule has 2 aromatic heterocycles. The maximum absolute atomic E-state index is 13.5. The molecule has 120 valence electrons. The van der Waals surface area contributed by atoms with Crippen LogP contribution in [0.2, 0.25) is 0 Å². The minimum Gasteiger partial charge on any atom is -0.358 e. The number of rotatable bonds is 4. The monoisotopic (exact) mass is 394 g/mol. The van der Waals surface area contributed by atoms with Gasteiger partial charge >= 0.3 is 0 Å². The van der Waals surface area contributed by atoms with Crippen LogP contribution >= 0.6 is 27.3 Å². The van der Waals surface area contributed by atoms with Crippen molar-refractivity contribution < 1.29 is 9.18 Å². The lowest BCUT2D eigenvalue weighted by molar-refractivity contribution is -0.129. The summed E-state index contributed by atoms with van der Waals surface area (Å²) in [5.41, 5.74) is 2.63. The summed E-state index contributed by atoms with van der Waals surface area (Å²) in [4.78, 5) is 18.5. The van der Waals surface area contributed by atoms with Crippen LogP contribution in [0.4, 0.5) is 4.39 Å². The molecule has 6 heteroatoms. The molecule has 23 heavy (non-hydrogen) atoms. The quantitative estimate of drug-likeness (QED) is 0.687. The van der Waals surface area contributed by atoms with E-state index in [1.54, 1.807) is 29.4 Å². The van der Waals surface area contributed by atoms with Gasteiger partial charge in [0.1, 0.15) is 5.82 Å². The van der Waals surface area contributed by atoms with E-state index in [-0.39, 0.29) is 18.1 Å². The fourth-order valence-electron chi connectivity index (χ4n) is 2.63. The van der Waals surface area contributed by atoms with Gasteiger partial charge in [0, 0.05) is 28.5 Å². The van der Waals surface area contributed by atoms with Crippen LogP contribution in [0.15, 0.2) is 34.1 Å². The number of halogens is 2. The van der Waals surface area contributed by atoms with Crippen LogP contribution in [0.3, 0.4) is 0 Å². The van der Waals surface area contributed by atoms with Crippen LogP contribution in [0.5, 0.6) is 0 Å². The fraction of sp³-hybridized carbons (Fsp3) is 0.235. The van der Waals surface area contributed by atoms with E-state index in [1.165, 1.54) is 12.1 Å². The first kappa shape index (κ1) is 16.2. The highest BCUT2D eigenvalue weighted by Gasteiger charge is 2.16. The molecule has 0 atom stereocenters. The first-order valence-electron chi connectivity index (χ1n) is 7.19. The standard InChI is InChI=1S/C17H16BrFN2OS/c1-10-13(14-7-11(19)3-5-15(14)20-10)8-17(22)21(2)9-12-4-6-16(18)23-12/h3-7,20H,8-9H2,1-2H3. The Balaban J connectivity index is 1.79. The molecule has 0 saturated heterocycles. The highest BCUT2D eigenvalue weighted by atomic mass is 79.9. The predicted molar refractivity (Wildman–Crippen MR) is 95.2 cm³/mol. The molecule has 0 bridgehead atoms. The molecule has 1 aromatic carbocycles. The Labute approximate surface area is 146 Å². The maximum Gasteiger partial charge on any atom is 0.227 e. The summed E-state index contributed by atoms with van der Waals surface area (Å²) in [6.07, 6.45) is 0.262. The number of hydrogen-bond acceptors (Lipinski definition) is 2. The highest BCUT2D eigenvalue weighted by Crippen LogP contribution is 2.25. The van der Waals surface area contributed by atoms with Crippen molar-refractivity contribution in [3.05, 3.63) is 56.1 Å². The number of nitrogens with zero attached hydrogens (tertiary/aromatic N) is 1. The second-order valence-electron chi connectivity index (χ2n) is 5.55. The smallest absolute Gasteiger partial charge is 0.227 e. The van der Waals surface area contributed by atoms with Gasteiger partial charge in [0.2, 0.25) is 5.91 Å². The molecule has 1 N–H and O–H groups in total. The molecule has 3 aromatic rings. The van der Waals surface area contributed by atoms with E-state index in [9.17, 15) is 9.18 Å². The molecular weight excluding hydrogens is 379 g/mol. The zero-order valence-electron chi connectivity index (χ0n) is 12.8. The number of hydrogen-bond donors (Lipinski definition) is 1. The highest BCUT2D eigenvalue weighted by molar-refractivity contribution is 9.11. The number of carbonyl (C=O) groups is 1. The summed E-state index contributed by atoms with van der Waals surface area (Å²) in [5, 5.41) is 0.781. The summed E-state index contributed by atoms with van der Waals surface area (Å²) in [7, 11) is 1.79. The van der Waals surface area contributed by atoms with Gasteiger partial charge in [-0.05, 0) is 58.7 Å². The molecule has 0 unspecified atom stereocenters. The van der Waals surface area contributed by atoms with E-state index < -0.39 is 0 Å². The van der Waals surface area contributed by atoms with Gasteiger partial charge in [-0.1, -0.05) is 0 Å². The number of aromatic nitrogens is 1. The third kappa shape index (κ3) is 3.48. The van der Waals surface area contributed by atoms with Crippen LogP contribution in [0, 0.1) is 12.7 Å². The third-order valence-corrected chi connectivity index (χ3v) is 5.47. The van der Waals surface area contributed by atoms with Crippen molar-refractivity contribution in [1.82, 2.24) is 9.88 Å². The Kier molecular flexibility index (Phi) is 4.55. The molecular formula is C17H16BrFN2OS. The zero-order valence-corrected chi connectivity index (χ0v) is 15.2. The maximum atomic E-state index is 13.5. The van der Waals surface area contributed by atoms with Gasteiger partial charge in [0.25, 0.3) is 0 Å². The summed E-state index contributed by atoms with van der Waals surface area (Å²) in [5.74, 6) is -0.273. The molecule has 2 heterocycles. The molecule has 0 aliphatic rings. The van der Waals surface area contributed by atoms with E-state index >= 15 is 0 Å². The van der Waals surface area contributed by atoms with Gasteiger partial charge in [-0.3, -0.25) is 4.79 Å². The van der Waals surface area contributed by atoms with Crippen LogP contribution < -0.4 is 0 Å². The van der Waals surface area contributed by atoms with Gasteiger partial charge in [-0.25, -0.2) is 4.39 Å². The molecule has 0 aliphatic carbocycles. The molecule has 3 rings (SSSR count). The minimum absolute atomic E-state index is 0.0165. The van der Waals surface area contributed by atoms with Gasteiger partial charge in [-0.15, -0.1) is 11.3 Å². The topological polar surface area (TPSA) is 36.1 Å². The molecule has 0 aliphatic heterocycles. The van der Waals surface area contributed by atoms with Crippen LogP contribution in [0.1, 0.15) is 16.1 Å². The number of carbonyl (C=O) groups excluding carboxylic acids is 1. The number of aromatic amines is 1. The molecule has 1 amide bonds. The van der Waals surface area contributed by atoms with Crippen molar-refractivity contribution >= 4 is 44.1 Å². The first-order chi connectivity index (χ1) is 10.9.